The predicted octanol–water partition coefficient (Wildman–Crippen LogP) is 2.46. The second-order valence-electron chi connectivity index (χ2n) is 4.49. The highest BCUT2D eigenvalue weighted by atomic mass is 32.2. The maximum atomic E-state index is 11.6. The van der Waals surface area contributed by atoms with Gasteiger partial charge in [-0.2, -0.15) is 0 Å². The molecular formula is C15H14O5S. The summed E-state index contributed by atoms with van der Waals surface area (Å²) in [5.74, 6) is -0.899. The van der Waals surface area contributed by atoms with Gasteiger partial charge >= 0.3 is 5.97 Å². The van der Waals surface area contributed by atoms with Crippen molar-refractivity contribution in [2.45, 2.75) is 4.90 Å². The molecule has 0 fully saturated rings. The van der Waals surface area contributed by atoms with Gasteiger partial charge in [0.05, 0.1) is 12.0 Å². The first-order chi connectivity index (χ1) is 9.84. The Morgan fingerprint density at radius 3 is 2.38 bits per heavy atom. The molecule has 0 bridgehead atoms. The molecular weight excluding hydrogens is 292 g/mol. The van der Waals surface area contributed by atoms with Crippen LogP contribution in [0.25, 0.3) is 11.1 Å². The minimum Gasteiger partial charge on any atom is -0.495 e. The highest BCUT2D eigenvalue weighted by Gasteiger charge is 2.17. The first-order valence-corrected chi connectivity index (χ1v) is 7.94. The molecule has 2 aromatic rings. The van der Waals surface area contributed by atoms with Crippen molar-refractivity contribution in [1.29, 1.82) is 0 Å². The molecule has 5 nitrogen and oxygen atoms in total. The number of rotatable bonds is 4. The van der Waals surface area contributed by atoms with E-state index >= 15 is 0 Å². The van der Waals surface area contributed by atoms with E-state index in [1.165, 1.54) is 25.3 Å². The first-order valence-electron chi connectivity index (χ1n) is 6.05. The van der Waals surface area contributed by atoms with Crippen LogP contribution in [0.1, 0.15) is 10.4 Å². The largest absolute Gasteiger partial charge is 0.495 e. The van der Waals surface area contributed by atoms with Crippen LogP contribution in [0.5, 0.6) is 5.75 Å². The number of carboxylic acids is 1. The van der Waals surface area contributed by atoms with Crippen molar-refractivity contribution >= 4 is 15.8 Å². The van der Waals surface area contributed by atoms with Crippen molar-refractivity contribution in [3.63, 3.8) is 0 Å². The van der Waals surface area contributed by atoms with Gasteiger partial charge in [-0.25, -0.2) is 13.2 Å². The van der Waals surface area contributed by atoms with Crippen LogP contribution in [-0.2, 0) is 9.84 Å². The molecule has 0 atom stereocenters. The zero-order chi connectivity index (χ0) is 15.6. The normalized spacial score (nSPS) is 11.1. The summed E-state index contributed by atoms with van der Waals surface area (Å²) < 4.78 is 28.4. The molecule has 0 saturated carbocycles. The molecule has 1 N–H and O–H groups in total. The molecule has 2 rings (SSSR count). The number of para-hydroxylation sites is 1. The van der Waals surface area contributed by atoms with E-state index in [2.05, 4.69) is 0 Å². The zero-order valence-electron chi connectivity index (χ0n) is 11.5. The lowest BCUT2D eigenvalue weighted by molar-refractivity contribution is 0.0693. The van der Waals surface area contributed by atoms with E-state index in [0.717, 1.165) is 6.26 Å². The molecule has 0 unspecified atom stereocenters. The highest BCUT2D eigenvalue weighted by molar-refractivity contribution is 7.90. The number of carbonyl (C=O) groups is 1. The summed E-state index contributed by atoms with van der Waals surface area (Å²) in [6.07, 6.45) is 1.12. The van der Waals surface area contributed by atoms with Crippen LogP contribution >= 0.6 is 0 Å². The monoisotopic (exact) mass is 306 g/mol. The molecule has 110 valence electrons. The second kappa shape index (κ2) is 5.57. The molecule has 21 heavy (non-hydrogen) atoms. The Morgan fingerprint density at radius 1 is 1.14 bits per heavy atom. The summed E-state index contributed by atoms with van der Waals surface area (Å²) in [4.78, 5) is 11.4. The molecule has 0 aliphatic carbocycles. The number of hydrogen-bond donors (Lipinski definition) is 1. The number of methoxy groups -OCH3 is 1. The minimum atomic E-state index is -3.34. The van der Waals surface area contributed by atoms with E-state index in [1.54, 1.807) is 24.3 Å². The van der Waals surface area contributed by atoms with Crippen molar-refractivity contribution in [3.8, 4) is 16.9 Å². The summed E-state index contributed by atoms with van der Waals surface area (Å²) in [6, 6.07) is 11.0. The summed E-state index contributed by atoms with van der Waals surface area (Å²) in [7, 11) is -1.96. The van der Waals surface area contributed by atoms with Gasteiger partial charge in [-0.05, 0) is 23.8 Å². The topological polar surface area (TPSA) is 80.7 Å². The molecule has 0 aliphatic rings. The SMILES string of the molecule is COc1c(C(=O)O)cccc1-c1cccc(S(C)(=O)=O)c1. The fraction of sp³-hybridized carbons (Fsp3) is 0.133. The van der Waals surface area contributed by atoms with Gasteiger partial charge in [-0.15, -0.1) is 0 Å². The van der Waals surface area contributed by atoms with E-state index in [1.807, 2.05) is 0 Å². The fourth-order valence-electron chi connectivity index (χ4n) is 2.05. The van der Waals surface area contributed by atoms with Gasteiger partial charge in [0.2, 0.25) is 0 Å². The lowest BCUT2D eigenvalue weighted by atomic mass is 10.0. The van der Waals surface area contributed by atoms with Gasteiger partial charge in [0.1, 0.15) is 11.3 Å². The predicted molar refractivity (Wildman–Crippen MR) is 78.5 cm³/mol. The standard InChI is InChI=1S/C15H14O5S/c1-20-14-12(7-4-8-13(14)15(16)17)10-5-3-6-11(9-10)21(2,18)19/h3-9H,1-2H3,(H,16,17). The Labute approximate surface area is 122 Å². The lowest BCUT2D eigenvalue weighted by Crippen LogP contribution is -2.02. The van der Waals surface area contributed by atoms with Gasteiger partial charge in [-0.3, -0.25) is 0 Å². The Hall–Kier alpha value is -2.34. The van der Waals surface area contributed by atoms with E-state index in [-0.39, 0.29) is 16.2 Å². The molecule has 2 aromatic carbocycles. The van der Waals surface area contributed by atoms with Crippen LogP contribution in [0.3, 0.4) is 0 Å². The van der Waals surface area contributed by atoms with Crippen LogP contribution in [0.15, 0.2) is 47.4 Å². The Balaban J connectivity index is 2.68. The Bertz CT molecular complexity index is 793. The Kier molecular flexibility index (Phi) is 3.99. The number of carboxylic acid groups (broad SMARTS) is 1. The van der Waals surface area contributed by atoms with Crippen molar-refractivity contribution in [3.05, 3.63) is 48.0 Å². The summed E-state index contributed by atoms with van der Waals surface area (Å²) in [6.45, 7) is 0. The molecule has 0 spiro atoms. The number of aromatic carboxylic acids is 1. The zero-order valence-corrected chi connectivity index (χ0v) is 12.3. The van der Waals surface area contributed by atoms with Gasteiger partial charge in [0.25, 0.3) is 0 Å². The van der Waals surface area contributed by atoms with E-state index < -0.39 is 15.8 Å². The molecule has 0 aliphatic heterocycles. The molecule has 0 radical (unpaired) electrons. The van der Waals surface area contributed by atoms with Crippen LogP contribution < -0.4 is 4.74 Å². The lowest BCUT2D eigenvalue weighted by Gasteiger charge is -2.12. The van der Waals surface area contributed by atoms with Crippen LogP contribution in [0.2, 0.25) is 0 Å². The third kappa shape index (κ3) is 3.05. The van der Waals surface area contributed by atoms with E-state index in [9.17, 15) is 18.3 Å². The van der Waals surface area contributed by atoms with Crippen LogP contribution in [-0.4, -0.2) is 32.9 Å². The smallest absolute Gasteiger partial charge is 0.339 e. The van der Waals surface area contributed by atoms with Crippen molar-refractivity contribution in [2.24, 2.45) is 0 Å². The molecule has 0 saturated heterocycles. The third-order valence-electron chi connectivity index (χ3n) is 3.02. The molecule has 0 aromatic heterocycles. The van der Waals surface area contributed by atoms with Crippen molar-refractivity contribution in [1.82, 2.24) is 0 Å². The Morgan fingerprint density at radius 2 is 1.81 bits per heavy atom. The van der Waals surface area contributed by atoms with Gasteiger partial charge < -0.3 is 9.84 Å². The summed E-state index contributed by atoms with van der Waals surface area (Å²) >= 11 is 0. The third-order valence-corrected chi connectivity index (χ3v) is 4.13. The van der Waals surface area contributed by atoms with Crippen LogP contribution in [0.4, 0.5) is 0 Å². The average molecular weight is 306 g/mol. The number of sulfone groups is 1. The fourth-order valence-corrected chi connectivity index (χ4v) is 2.71. The van der Waals surface area contributed by atoms with Gasteiger partial charge in [0, 0.05) is 11.8 Å². The highest BCUT2D eigenvalue weighted by Crippen LogP contribution is 2.34. The number of ether oxygens (including phenoxy) is 1. The maximum Gasteiger partial charge on any atom is 0.339 e. The maximum absolute atomic E-state index is 11.6. The molecule has 0 amide bonds. The van der Waals surface area contributed by atoms with E-state index in [4.69, 9.17) is 4.74 Å². The molecule has 0 heterocycles. The van der Waals surface area contributed by atoms with E-state index in [0.29, 0.717) is 11.1 Å². The summed E-state index contributed by atoms with van der Waals surface area (Å²) in [5, 5.41) is 9.18. The second-order valence-corrected chi connectivity index (χ2v) is 6.51. The summed E-state index contributed by atoms with van der Waals surface area (Å²) in [5.41, 5.74) is 1.14. The van der Waals surface area contributed by atoms with Crippen LogP contribution in [0, 0.1) is 0 Å². The van der Waals surface area contributed by atoms with Crippen molar-refractivity contribution < 1.29 is 23.1 Å². The average Bonchev–Trinajstić information content (AvgIpc) is 2.45. The number of benzene rings is 2. The molecule has 6 heteroatoms. The van der Waals surface area contributed by atoms with Gasteiger partial charge in [0.15, 0.2) is 9.84 Å². The van der Waals surface area contributed by atoms with Crippen molar-refractivity contribution in [2.75, 3.05) is 13.4 Å². The van der Waals surface area contributed by atoms with Gasteiger partial charge in [-0.1, -0.05) is 24.3 Å². The quantitative estimate of drug-likeness (QED) is 0.938. The minimum absolute atomic E-state index is 0.0276. The first kappa shape index (κ1) is 15.1. The number of hydrogen-bond acceptors (Lipinski definition) is 4.